The van der Waals surface area contributed by atoms with Crippen molar-refractivity contribution < 1.29 is 9.47 Å². The van der Waals surface area contributed by atoms with Crippen LogP contribution in [0.25, 0.3) is 0 Å². The Kier molecular flexibility index (Phi) is 9.11. The van der Waals surface area contributed by atoms with E-state index in [0.29, 0.717) is 13.2 Å². The van der Waals surface area contributed by atoms with Crippen LogP contribution in [0.1, 0.15) is 64.5 Å². The SMILES string of the molecule is CCCCCCC(C)OCC(N)c1ccccc1OCC. The largest absolute Gasteiger partial charge is 0.494 e. The van der Waals surface area contributed by atoms with Crippen molar-refractivity contribution in [3.8, 4) is 5.75 Å². The third-order valence-corrected chi connectivity index (χ3v) is 3.64. The summed E-state index contributed by atoms with van der Waals surface area (Å²) in [4.78, 5) is 0. The molecule has 0 fully saturated rings. The molecular formula is C18H31NO2. The molecule has 1 rings (SSSR count). The molecule has 3 heteroatoms. The molecule has 0 aliphatic rings. The van der Waals surface area contributed by atoms with Gasteiger partial charge in [0.1, 0.15) is 5.75 Å². The zero-order valence-electron chi connectivity index (χ0n) is 13.8. The molecule has 0 spiro atoms. The van der Waals surface area contributed by atoms with Gasteiger partial charge in [-0.2, -0.15) is 0 Å². The molecule has 120 valence electrons. The van der Waals surface area contributed by atoms with E-state index < -0.39 is 0 Å². The number of unbranched alkanes of at least 4 members (excludes halogenated alkanes) is 3. The summed E-state index contributed by atoms with van der Waals surface area (Å²) in [6, 6.07) is 7.81. The first kappa shape index (κ1) is 18.0. The quantitative estimate of drug-likeness (QED) is 0.613. The van der Waals surface area contributed by atoms with Gasteiger partial charge in [0.25, 0.3) is 0 Å². The number of ether oxygens (including phenoxy) is 2. The molecule has 1 aromatic carbocycles. The third kappa shape index (κ3) is 6.96. The Bertz CT molecular complexity index is 381. The van der Waals surface area contributed by atoms with Crippen LogP contribution in [0.2, 0.25) is 0 Å². The van der Waals surface area contributed by atoms with E-state index in [0.717, 1.165) is 17.7 Å². The Labute approximate surface area is 129 Å². The summed E-state index contributed by atoms with van der Waals surface area (Å²) in [6.07, 6.45) is 6.50. The van der Waals surface area contributed by atoms with Gasteiger partial charge in [-0.15, -0.1) is 0 Å². The van der Waals surface area contributed by atoms with E-state index in [2.05, 4.69) is 13.8 Å². The van der Waals surface area contributed by atoms with Gasteiger partial charge in [0.15, 0.2) is 0 Å². The summed E-state index contributed by atoms with van der Waals surface area (Å²) in [5, 5.41) is 0. The Morgan fingerprint density at radius 3 is 2.57 bits per heavy atom. The predicted octanol–water partition coefficient (Wildman–Crippen LogP) is 4.46. The molecule has 0 bridgehead atoms. The molecule has 2 atom stereocenters. The van der Waals surface area contributed by atoms with Gasteiger partial charge >= 0.3 is 0 Å². The number of rotatable bonds is 11. The topological polar surface area (TPSA) is 44.5 Å². The van der Waals surface area contributed by atoms with Gasteiger partial charge in [0, 0.05) is 5.56 Å². The normalized spacial score (nSPS) is 13.9. The molecule has 0 heterocycles. The van der Waals surface area contributed by atoms with Crippen LogP contribution in [0.4, 0.5) is 0 Å². The molecule has 1 aromatic rings. The van der Waals surface area contributed by atoms with Gasteiger partial charge in [0.05, 0.1) is 25.4 Å². The summed E-state index contributed by atoms with van der Waals surface area (Å²) in [7, 11) is 0. The summed E-state index contributed by atoms with van der Waals surface area (Å²) in [5.41, 5.74) is 7.27. The van der Waals surface area contributed by atoms with Gasteiger partial charge in [-0.25, -0.2) is 0 Å². The maximum absolute atomic E-state index is 6.25. The van der Waals surface area contributed by atoms with E-state index in [-0.39, 0.29) is 12.1 Å². The maximum Gasteiger partial charge on any atom is 0.124 e. The lowest BCUT2D eigenvalue weighted by molar-refractivity contribution is 0.0486. The average molecular weight is 293 g/mol. The van der Waals surface area contributed by atoms with E-state index in [1.54, 1.807) is 0 Å². The average Bonchev–Trinajstić information content (AvgIpc) is 2.50. The molecule has 0 amide bonds. The second-order valence-corrected chi connectivity index (χ2v) is 5.57. The molecule has 0 saturated carbocycles. The van der Waals surface area contributed by atoms with Crippen LogP contribution in [-0.2, 0) is 4.74 Å². The fraction of sp³-hybridized carbons (Fsp3) is 0.667. The van der Waals surface area contributed by atoms with Crippen LogP contribution in [0.3, 0.4) is 0 Å². The summed E-state index contributed by atoms with van der Waals surface area (Å²) >= 11 is 0. The molecule has 0 aliphatic heterocycles. The molecule has 3 nitrogen and oxygen atoms in total. The highest BCUT2D eigenvalue weighted by atomic mass is 16.5. The zero-order valence-corrected chi connectivity index (χ0v) is 13.8. The van der Waals surface area contributed by atoms with Crippen LogP contribution in [0, 0.1) is 0 Å². The van der Waals surface area contributed by atoms with Crippen molar-refractivity contribution in [1.82, 2.24) is 0 Å². The fourth-order valence-electron chi connectivity index (χ4n) is 2.37. The molecular weight excluding hydrogens is 262 g/mol. The first-order valence-electron chi connectivity index (χ1n) is 8.27. The highest BCUT2D eigenvalue weighted by Crippen LogP contribution is 2.24. The van der Waals surface area contributed by atoms with Crippen molar-refractivity contribution in [2.24, 2.45) is 5.73 Å². The van der Waals surface area contributed by atoms with Crippen LogP contribution in [0.15, 0.2) is 24.3 Å². The molecule has 0 aliphatic carbocycles. The smallest absolute Gasteiger partial charge is 0.124 e. The molecule has 2 N–H and O–H groups in total. The number of hydrogen-bond acceptors (Lipinski definition) is 3. The van der Waals surface area contributed by atoms with Crippen molar-refractivity contribution in [1.29, 1.82) is 0 Å². The van der Waals surface area contributed by atoms with Gasteiger partial charge in [-0.05, 0) is 26.3 Å². The lowest BCUT2D eigenvalue weighted by Crippen LogP contribution is -2.21. The standard InChI is InChI=1S/C18H31NO2/c1-4-6-7-8-11-15(3)21-14-17(19)16-12-9-10-13-18(16)20-5-2/h9-10,12-13,15,17H,4-8,11,14,19H2,1-3H3. The van der Waals surface area contributed by atoms with Gasteiger partial charge < -0.3 is 15.2 Å². The van der Waals surface area contributed by atoms with Crippen molar-refractivity contribution >= 4 is 0 Å². The number of benzene rings is 1. The minimum absolute atomic E-state index is 0.133. The third-order valence-electron chi connectivity index (χ3n) is 3.64. The lowest BCUT2D eigenvalue weighted by atomic mass is 10.1. The molecule has 0 aromatic heterocycles. The number of nitrogens with two attached hydrogens (primary N) is 1. The Balaban J connectivity index is 2.37. The van der Waals surface area contributed by atoms with Crippen LogP contribution in [0.5, 0.6) is 5.75 Å². The number of para-hydroxylation sites is 1. The van der Waals surface area contributed by atoms with Crippen molar-refractivity contribution in [3.63, 3.8) is 0 Å². The van der Waals surface area contributed by atoms with Crippen LogP contribution < -0.4 is 10.5 Å². The van der Waals surface area contributed by atoms with E-state index in [1.807, 2.05) is 31.2 Å². The van der Waals surface area contributed by atoms with E-state index >= 15 is 0 Å². The molecule has 2 unspecified atom stereocenters. The Morgan fingerprint density at radius 2 is 1.86 bits per heavy atom. The minimum Gasteiger partial charge on any atom is -0.494 e. The maximum atomic E-state index is 6.25. The molecule has 21 heavy (non-hydrogen) atoms. The fourth-order valence-corrected chi connectivity index (χ4v) is 2.37. The van der Waals surface area contributed by atoms with Crippen LogP contribution >= 0.6 is 0 Å². The predicted molar refractivity (Wildman–Crippen MR) is 88.7 cm³/mol. The van der Waals surface area contributed by atoms with E-state index in [9.17, 15) is 0 Å². The first-order valence-corrected chi connectivity index (χ1v) is 8.27. The summed E-state index contributed by atoms with van der Waals surface area (Å²) < 4.78 is 11.5. The van der Waals surface area contributed by atoms with Crippen LogP contribution in [-0.4, -0.2) is 19.3 Å². The van der Waals surface area contributed by atoms with Gasteiger partial charge in [-0.1, -0.05) is 50.8 Å². The van der Waals surface area contributed by atoms with Crippen molar-refractivity contribution in [3.05, 3.63) is 29.8 Å². The summed E-state index contributed by atoms with van der Waals surface area (Å²) in [5.74, 6) is 0.867. The zero-order chi connectivity index (χ0) is 15.5. The van der Waals surface area contributed by atoms with E-state index in [4.69, 9.17) is 15.2 Å². The highest BCUT2D eigenvalue weighted by Gasteiger charge is 2.13. The summed E-state index contributed by atoms with van der Waals surface area (Å²) in [6.45, 7) is 7.54. The number of hydrogen-bond donors (Lipinski definition) is 1. The minimum atomic E-state index is -0.133. The first-order chi connectivity index (χ1) is 10.2. The van der Waals surface area contributed by atoms with Crippen molar-refractivity contribution in [2.75, 3.05) is 13.2 Å². The monoisotopic (exact) mass is 293 g/mol. The second kappa shape index (κ2) is 10.6. The van der Waals surface area contributed by atoms with E-state index in [1.165, 1.54) is 25.7 Å². The second-order valence-electron chi connectivity index (χ2n) is 5.57. The highest BCUT2D eigenvalue weighted by molar-refractivity contribution is 5.35. The molecule has 0 saturated heterocycles. The van der Waals surface area contributed by atoms with Gasteiger partial charge in [0.2, 0.25) is 0 Å². The molecule has 0 radical (unpaired) electrons. The Hall–Kier alpha value is -1.06. The Morgan fingerprint density at radius 1 is 1.10 bits per heavy atom. The lowest BCUT2D eigenvalue weighted by Gasteiger charge is -2.19. The van der Waals surface area contributed by atoms with Gasteiger partial charge in [-0.3, -0.25) is 0 Å². The van der Waals surface area contributed by atoms with Crippen molar-refractivity contribution in [2.45, 2.75) is 65.0 Å².